The molecule has 0 spiro atoms. The summed E-state index contributed by atoms with van der Waals surface area (Å²) in [5.74, 6) is -7.00. The summed E-state index contributed by atoms with van der Waals surface area (Å²) in [5.41, 5.74) is -2.30. The van der Waals surface area contributed by atoms with Crippen LogP contribution in [-0.4, -0.2) is 12.7 Å². The van der Waals surface area contributed by atoms with Crippen LogP contribution in [0.3, 0.4) is 0 Å². The minimum absolute atomic E-state index is 0.0855. The zero-order chi connectivity index (χ0) is 30.6. The van der Waals surface area contributed by atoms with E-state index in [2.05, 4.69) is 9.47 Å². The van der Waals surface area contributed by atoms with Crippen molar-refractivity contribution in [1.82, 2.24) is 0 Å². The fraction of sp³-hybridized carbons (Fsp3) is 0.182. The normalized spacial score (nSPS) is 12.9. The molecule has 3 rings (SSSR count). The van der Waals surface area contributed by atoms with Crippen molar-refractivity contribution in [1.29, 1.82) is 0 Å². The van der Waals surface area contributed by atoms with Crippen molar-refractivity contribution in [2.75, 3.05) is 11.5 Å². The summed E-state index contributed by atoms with van der Waals surface area (Å²) in [6.45, 7) is 0. The summed E-state index contributed by atoms with van der Waals surface area (Å²) in [4.78, 5) is 0. The fourth-order valence-corrected chi connectivity index (χ4v) is 3.49. The zero-order valence-electron chi connectivity index (χ0n) is 18.7. The van der Waals surface area contributed by atoms with Crippen LogP contribution in [0.4, 0.5) is 72.8 Å². The van der Waals surface area contributed by atoms with Crippen molar-refractivity contribution in [3.8, 4) is 33.8 Å². The second-order valence-electron chi connectivity index (χ2n) is 7.77. The average molecular weight is 600 g/mol. The van der Waals surface area contributed by atoms with E-state index >= 15 is 0 Å². The molecule has 0 saturated carbocycles. The van der Waals surface area contributed by atoms with E-state index in [1.54, 1.807) is 0 Å². The molecule has 0 unspecified atom stereocenters. The van der Waals surface area contributed by atoms with Crippen LogP contribution in [0.2, 0.25) is 0 Å². The third-order valence-electron chi connectivity index (χ3n) is 5.00. The van der Waals surface area contributed by atoms with Crippen LogP contribution < -0.4 is 20.9 Å². The molecule has 0 heterocycles. The van der Waals surface area contributed by atoms with E-state index < -0.39 is 93.0 Å². The van der Waals surface area contributed by atoms with Gasteiger partial charge in [-0.25, -0.2) is 8.78 Å². The second-order valence-corrected chi connectivity index (χ2v) is 7.77. The summed E-state index contributed by atoms with van der Waals surface area (Å²) >= 11 is 0. The number of ether oxygens (including phenoxy) is 2. The molecule has 40 heavy (non-hydrogen) atoms. The Morgan fingerprint density at radius 2 is 0.750 bits per heavy atom. The third kappa shape index (κ3) is 6.71. The summed E-state index contributed by atoms with van der Waals surface area (Å²) in [6.07, 6.45) is -22.6. The van der Waals surface area contributed by atoms with Gasteiger partial charge in [0.15, 0.2) is 0 Å². The van der Waals surface area contributed by atoms with Crippen LogP contribution in [0, 0.1) is 11.6 Å². The van der Waals surface area contributed by atoms with Crippen LogP contribution >= 0.6 is 0 Å². The number of anilines is 2. The van der Waals surface area contributed by atoms with Gasteiger partial charge in [0.25, 0.3) is 0 Å². The molecule has 0 aliphatic carbocycles. The molecule has 0 aliphatic heterocycles. The smallest absolute Gasteiger partial charge is 0.405 e. The van der Waals surface area contributed by atoms with E-state index in [-0.39, 0.29) is 36.4 Å². The fourth-order valence-electron chi connectivity index (χ4n) is 3.49. The van der Waals surface area contributed by atoms with Crippen LogP contribution in [0.15, 0.2) is 36.4 Å². The van der Waals surface area contributed by atoms with Gasteiger partial charge >= 0.3 is 25.1 Å². The highest BCUT2D eigenvalue weighted by Crippen LogP contribution is 2.50. The molecule has 0 radical (unpaired) electrons. The lowest BCUT2D eigenvalue weighted by Crippen LogP contribution is -2.20. The number of alkyl halides is 12. The van der Waals surface area contributed by atoms with Gasteiger partial charge in [0.05, 0.1) is 22.5 Å². The molecule has 4 N–H and O–H groups in total. The monoisotopic (exact) mass is 600 g/mol. The maximum atomic E-state index is 14.1. The lowest BCUT2D eigenvalue weighted by atomic mass is 9.92. The van der Waals surface area contributed by atoms with Crippen molar-refractivity contribution in [3.63, 3.8) is 0 Å². The van der Waals surface area contributed by atoms with Crippen LogP contribution in [0.25, 0.3) is 22.3 Å². The van der Waals surface area contributed by atoms with E-state index in [4.69, 9.17) is 11.5 Å². The Bertz CT molecular complexity index is 1330. The minimum atomic E-state index is -5.80. The highest BCUT2D eigenvalue weighted by atomic mass is 19.4. The molecule has 3 aromatic rings. The van der Waals surface area contributed by atoms with Crippen LogP contribution in [0.5, 0.6) is 11.5 Å². The summed E-state index contributed by atoms with van der Waals surface area (Å²) in [5, 5.41) is 0. The molecule has 18 heteroatoms. The summed E-state index contributed by atoms with van der Waals surface area (Å²) in [6, 6.07) is -0.763. The van der Waals surface area contributed by atoms with Gasteiger partial charge in [-0.1, -0.05) is 0 Å². The highest BCUT2D eigenvalue weighted by molar-refractivity contribution is 5.85. The molecule has 0 amide bonds. The maximum Gasteiger partial charge on any atom is 0.573 e. The first-order valence-corrected chi connectivity index (χ1v) is 10.0. The quantitative estimate of drug-likeness (QED) is 0.234. The minimum Gasteiger partial charge on any atom is -0.405 e. The van der Waals surface area contributed by atoms with Gasteiger partial charge in [-0.2, -0.15) is 26.3 Å². The first-order chi connectivity index (χ1) is 18.0. The average Bonchev–Trinajstić information content (AvgIpc) is 2.74. The molecule has 3 aromatic carbocycles. The number of hydrogen-bond donors (Lipinski definition) is 2. The Morgan fingerprint density at radius 3 is 1.00 bits per heavy atom. The zero-order valence-corrected chi connectivity index (χ0v) is 18.7. The molecule has 0 atom stereocenters. The highest BCUT2D eigenvalue weighted by Gasteiger charge is 2.41. The van der Waals surface area contributed by atoms with Crippen molar-refractivity contribution in [3.05, 3.63) is 59.2 Å². The predicted octanol–water partition coefficient (Wildman–Crippen LogP) is 8.30. The van der Waals surface area contributed by atoms with E-state index in [0.717, 1.165) is 0 Å². The molecule has 4 nitrogen and oxygen atoms in total. The Balaban J connectivity index is 2.55. The molecule has 0 aliphatic rings. The molecule has 0 saturated heterocycles. The Hall–Kier alpha value is -4.12. The largest absolute Gasteiger partial charge is 0.573 e. The first-order valence-electron chi connectivity index (χ1n) is 10.0. The van der Waals surface area contributed by atoms with Crippen LogP contribution in [-0.2, 0) is 12.4 Å². The SMILES string of the molecule is Nc1cc(C(F)(F)F)c(-c2cc(OC(F)(F)F)c(-c3cc(F)c(N)cc3C(F)(F)F)cc2OC(F)(F)F)cc1F. The predicted molar refractivity (Wildman–Crippen MR) is 109 cm³/mol. The van der Waals surface area contributed by atoms with E-state index in [0.29, 0.717) is 0 Å². The number of benzene rings is 3. The van der Waals surface area contributed by atoms with Gasteiger partial charge in [0.2, 0.25) is 0 Å². The molecule has 0 aromatic heterocycles. The Morgan fingerprint density at radius 1 is 0.450 bits per heavy atom. The van der Waals surface area contributed by atoms with Gasteiger partial charge in [-0.15, -0.1) is 26.3 Å². The number of hydrogen-bond acceptors (Lipinski definition) is 4. The lowest BCUT2D eigenvalue weighted by molar-refractivity contribution is -0.276. The number of nitrogen functional groups attached to an aromatic ring is 2. The summed E-state index contributed by atoms with van der Waals surface area (Å²) in [7, 11) is 0. The van der Waals surface area contributed by atoms with Gasteiger partial charge < -0.3 is 20.9 Å². The van der Waals surface area contributed by atoms with Gasteiger partial charge in [0.1, 0.15) is 23.1 Å². The van der Waals surface area contributed by atoms with Crippen molar-refractivity contribution in [2.24, 2.45) is 0 Å². The standard InChI is InChI=1S/C22H10F14N2O2/c23-13-1-7(11(5-15(13)37)19(25,26)27)9-3-18(40-22(34,35)36)10(4-17(9)39-21(31,32)33)8-2-14(24)16(38)6-12(8)20(28,29)30/h1-6H,37-38H2. The molecule has 218 valence electrons. The van der Waals surface area contributed by atoms with Gasteiger partial charge in [0, 0.05) is 22.3 Å². The second kappa shape index (κ2) is 9.81. The van der Waals surface area contributed by atoms with E-state index in [1.165, 1.54) is 0 Å². The van der Waals surface area contributed by atoms with E-state index in [1.807, 2.05) is 0 Å². The molecular formula is C22H10F14N2O2. The Labute approximate surface area is 212 Å². The van der Waals surface area contributed by atoms with Gasteiger partial charge in [-0.05, 0) is 36.4 Å². The topological polar surface area (TPSA) is 70.5 Å². The lowest BCUT2D eigenvalue weighted by Gasteiger charge is -2.23. The van der Waals surface area contributed by atoms with Crippen molar-refractivity contribution in [2.45, 2.75) is 25.1 Å². The summed E-state index contributed by atoms with van der Waals surface area (Å²) < 4.78 is 197. The number of halogens is 14. The maximum absolute atomic E-state index is 14.1. The third-order valence-corrected chi connectivity index (χ3v) is 5.00. The van der Waals surface area contributed by atoms with Gasteiger partial charge in [-0.3, -0.25) is 0 Å². The van der Waals surface area contributed by atoms with E-state index in [9.17, 15) is 61.5 Å². The van der Waals surface area contributed by atoms with Crippen molar-refractivity contribution >= 4 is 11.4 Å². The molecular weight excluding hydrogens is 590 g/mol. The number of rotatable bonds is 4. The Kier molecular flexibility index (Phi) is 7.46. The first kappa shape index (κ1) is 30.4. The van der Waals surface area contributed by atoms with Crippen LogP contribution in [0.1, 0.15) is 11.1 Å². The molecule has 0 fully saturated rings. The molecule has 0 bridgehead atoms. The number of nitrogens with two attached hydrogens (primary N) is 2. The van der Waals surface area contributed by atoms with Crippen molar-refractivity contribution < 1.29 is 70.9 Å².